The number of carboxylic acids is 1. The van der Waals surface area contributed by atoms with Gasteiger partial charge in [-0.15, -0.1) is 0 Å². The zero-order valence-electron chi connectivity index (χ0n) is 67.3. The predicted octanol–water partition coefficient (Wildman–Crippen LogP) is 9.68. The fraction of sp³-hybridized carbons (Fsp3) is 0.753. The van der Waals surface area contributed by atoms with Gasteiger partial charge in [-0.3, -0.25) is 42.9 Å². The van der Waals surface area contributed by atoms with E-state index in [4.69, 9.17) is 38.1 Å². The maximum atomic E-state index is 14.6. The van der Waals surface area contributed by atoms with Crippen LogP contribution in [0.2, 0.25) is 0 Å². The molecule has 1 aromatic carbocycles. The van der Waals surface area contributed by atoms with E-state index in [1.807, 2.05) is 6.92 Å². The second-order valence-electron chi connectivity index (χ2n) is 29.5. The standard InChI is InChI=1S/C81H141N15O14S/c1-4-7-10-12-14-16-18-20-22-24-26-28-30-44-69(99)109-56-61(110-70(100)45-31-29-27-25-23-21-19-17-15-13-11-8-5-2)57-111-58-62(85)74(101)92-67(55-97)78(105)90-63(39-32-35-50-82)75(102)89-65(76(103)88-64(40-33-36-51-83)77(104)91-66(79(106)107)41-34-37-52-84)42-38-43-68(98)60-48-46-59(47-49-60)54-96-73-71(93-81(96)108)72(86)94-80(95-73)87-53-9-6-3/h46-49,61-67,97H,4-45,50-58,82-85H2,1-3H3,(H,88,103)(H,89,102)(H,90,105)(H,91,104)(H,92,101)(H,93,108)(H,106,107)(H3,86,87,94,95)/t61?,62-,63-,64-,65-,66-,67-/m0/s1. The van der Waals surface area contributed by atoms with E-state index in [0.29, 0.717) is 81.2 Å². The number of aliphatic hydroxyl groups is 1. The number of rotatable bonds is 70. The van der Waals surface area contributed by atoms with Crippen molar-refractivity contribution in [2.75, 3.05) is 61.9 Å². The number of nitrogens with zero attached hydrogens (tertiary/aromatic N) is 3. The van der Waals surface area contributed by atoms with E-state index in [9.17, 15) is 58.2 Å². The van der Waals surface area contributed by atoms with E-state index in [2.05, 4.69) is 60.7 Å². The number of amides is 5. The van der Waals surface area contributed by atoms with Crippen LogP contribution < -0.4 is 66.3 Å². The lowest BCUT2D eigenvalue weighted by Crippen LogP contribution is -2.59. The van der Waals surface area contributed by atoms with Crippen molar-refractivity contribution in [3.05, 3.63) is 45.9 Å². The summed E-state index contributed by atoms with van der Waals surface area (Å²) < 4.78 is 13.0. The van der Waals surface area contributed by atoms with Gasteiger partial charge in [0.15, 0.2) is 17.2 Å². The van der Waals surface area contributed by atoms with Crippen molar-refractivity contribution >= 4 is 87.9 Å². The number of aliphatic carboxylic acids is 1. The Bertz CT molecular complexity index is 3180. The van der Waals surface area contributed by atoms with Gasteiger partial charge in [0.25, 0.3) is 0 Å². The molecule has 0 saturated carbocycles. The Morgan fingerprint density at radius 3 is 1.39 bits per heavy atom. The molecule has 0 aliphatic carbocycles. The summed E-state index contributed by atoms with van der Waals surface area (Å²) in [6.45, 7) is 6.86. The quantitative estimate of drug-likeness (QED) is 0.0142. The summed E-state index contributed by atoms with van der Waals surface area (Å²) in [5, 5.41) is 36.8. The van der Waals surface area contributed by atoms with Gasteiger partial charge in [0, 0.05) is 42.9 Å². The second kappa shape index (κ2) is 61.3. The van der Waals surface area contributed by atoms with Crippen LogP contribution in [0.25, 0.3) is 11.2 Å². The molecule has 1 unspecified atom stereocenters. The first-order chi connectivity index (χ1) is 53.7. The summed E-state index contributed by atoms with van der Waals surface area (Å²) >= 11 is 1.18. The Labute approximate surface area is 663 Å². The van der Waals surface area contributed by atoms with E-state index in [-0.39, 0.29) is 112 Å². The zero-order valence-corrected chi connectivity index (χ0v) is 68.2. The third kappa shape index (κ3) is 43.0. The number of nitrogens with one attached hydrogen (secondary N) is 7. The fourth-order valence-electron chi connectivity index (χ4n) is 12.9. The Balaban J connectivity index is 1.76. The summed E-state index contributed by atoms with van der Waals surface area (Å²) in [5.41, 5.74) is 31.0. The van der Waals surface area contributed by atoms with Gasteiger partial charge >= 0.3 is 23.6 Å². The van der Waals surface area contributed by atoms with Gasteiger partial charge in [-0.05, 0) is 115 Å². The van der Waals surface area contributed by atoms with Gasteiger partial charge in [-0.2, -0.15) is 21.7 Å². The number of nitrogens with two attached hydrogens (primary N) is 5. The number of Topliss-reactive ketones (excluding diaryl/α,β-unsaturated/α-hetero) is 1. The highest BCUT2D eigenvalue weighted by molar-refractivity contribution is 7.99. The number of ether oxygens (including phenoxy) is 2. The number of H-pyrrole nitrogens is 1. The van der Waals surface area contributed by atoms with Crippen molar-refractivity contribution in [1.29, 1.82) is 0 Å². The molecule has 630 valence electrons. The van der Waals surface area contributed by atoms with E-state index in [0.717, 1.165) is 51.4 Å². The van der Waals surface area contributed by atoms with E-state index in [1.165, 1.54) is 132 Å². The number of aromatic nitrogens is 4. The number of esters is 2. The number of anilines is 2. The minimum atomic E-state index is -1.63. The molecule has 3 aromatic rings. The van der Waals surface area contributed by atoms with Crippen molar-refractivity contribution in [3.8, 4) is 0 Å². The van der Waals surface area contributed by atoms with Crippen LogP contribution in [0, 0.1) is 0 Å². The van der Waals surface area contributed by atoms with Crippen LogP contribution in [0.3, 0.4) is 0 Å². The summed E-state index contributed by atoms with van der Waals surface area (Å²) in [6, 6.07) is -1.79. The monoisotopic (exact) mass is 1580 g/mol. The number of imidazole rings is 1. The van der Waals surface area contributed by atoms with Crippen LogP contribution in [0.5, 0.6) is 0 Å². The molecule has 0 aliphatic rings. The number of hydrogen-bond donors (Lipinski definition) is 14. The smallest absolute Gasteiger partial charge is 0.328 e. The van der Waals surface area contributed by atoms with Gasteiger partial charge < -0.3 is 85.2 Å². The maximum Gasteiger partial charge on any atom is 0.328 e. The molecule has 7 atom stereocenters. The molecule has 0 spiro atoms. The van der Waals surface area contributed by atoms with Crippen molar-refractivity contribution in [2.45, 2.75) is 339 Å². The molecule has 2 heterocycles. The maximum absolute atomic E-state index is 14.6. The highest BCUT2D eigenvalue weighted by Gasteiger charge is 2.34. The van der Waals surface area contributed by atoms with Crippen molar-refractivity contribution in [2.24, 2.45) is 22.9 Å². The van der Waals surface area contributed by atoms with Crippen LogP contribution in [-0.2, 0) is 54.4 Å². The average molecular weight is 1580 g/mol. The highest BCUT2D eigenvalue weighted by Crippen LogP contribution is 2.22. The largest absolute Gasteiger partial charge is 0.480 e. The number of nitrogen functional groups attached to an aromatic ring is 1. The highest BCUT2D eigenvalue weighted by atomic mass is 32.2. The summed E-state index contributed by atoms with van der Waals surface area (Å²) in [6.07, 6.45) is 33.8. The lowest BCUT2D eigenvalue weighted by molar-refractivity contribution is -0.157. The van der Waals surface area contributed by atoms with Crippen LogP contribution in [0.1, 0.15) is 306 Å². The fourth-order valence-corrected chi connectivity index (χ4v) is 13.9. The number of hydrogen-bond acceptors (Lipinski definition) is 22. The van der Waals surface area contributed by atoms with Crippen LogP contribution in [0.4, 0.5) is 11.8 Å². The first-order valence-electron chi connectivity index (χ1n) is 42.0. The van der Waals surface area contributed by atoms with Crippen LogP contribution in [-0.4, -0.2) is 176 Å². The van der Waals surface area contributed by atoms with Gasteiger partial charge in [-0.1, -0.05) is 206 Å². The molecule has 0 fully saturated rings. The summed E-state index contributed by atoms with van der Waals surface area (Å²) in [7, 11) is 0. The third-order valence-electron chi connectivity index (χ3n) is 19.8. The van der Waals surface area contributed by atoms with E-state index in [1.54, 1.807) is 24.3 Å². The molecule has 111 heavy (non-hydrogen) atoms. The molecular weight excluding hydrogens is 1440 g/mol. The summed E-state index contributed by atoms with van der Waals surface area (Å²) in [5.74, 6) is -6.30. The van der Waals surface area contributed by atoms with E-state index >= 15 is 0 Å². The number of aromatic amines is 1. The number of carboxylic acid groups (broad SMARTS) is 1. The van der Waals surface area contributed by atoms with Crippen LogP contribution >= 0.6 is 11.8 Å². The molecule has 0 bridgehead atoms. The predicted molar refractivity (Wildman–Crippen MR) is 440 cm³/mol. The van der Waals surface area contributed by atoms with Gasteiger partial charge in [0.1, 0.15) is 48.4 Å². The summed E-state index contributed by atoms with van der Waals surface area (Å²) in [4.78, 5) is 148. The lowest BCUT2D eigenvalue weighted by Gasteiger charge is -2.27. The SMILES string of the molecule is CCCCCCCCCCCCCCCC(=O)OCC(CSC[C@H](N)C(=O)N[C@@H](CO)C(=O)N[C@@H](CCCCN)C(=O)N[C@@H](CCCC(=O)c1ccc(Cn2c(=O)[nH]c3c(N)nc(NCCCC)nc32)cc1)C(=O)N[C@@H](CCCCN)C(=O)N[C@@H](CCCCN)C(=O)O)OC(=O)CCCCCCCCCCCCCCC. The molecule has 3 rings (SSSR count). The van der Waals surface area contributed by atoms with Crippen molar-refractivity contribution < 1.29 is 62.8 Å². The Morgan fingerprint density at radius 1 is 0.505 bits per heavy atom. The molecular formula is C81H141N15O14S. The molecule has 0 radical (unpaired) electrons. The average Bonchev–Trinajstić information content (AvgIpc) is 1.64. The zero-order chi connectivity index (χ0) is 81.2. The first-order valence-corrected chi connectivity index (χ1v) is 43.2. The Hall–Kier alpha value is -7.25. The number of ketones is 1. The molecule has 30 heteroatoms. The normalized spacial score (nSPS) is 13.3. The minimum Gasteiger partial charge on any atom is -0.480 e. The molecule has 29 nitrogen and oxygen atoms in total. The Kier molecular flexibility index (Phi) is 54.1. The van der Waals surface area contributed by atoms with Gasteiger partial charge in [-0.25, -0.2) is 9.59 Å². The van der Waals surface area contributed by atoms with Crippen molar-refractivity contribution in [1.82, 2.24) is 46.1 Å². The third-order valence-corrected chi connectivity index (χ3v) is 21.0. The van der Waals surface area contributed by atoms with Gasteiger partial charge in [0.05, 0.1) is 19.2 Å². The molecule has 19 N–H and O–H groups in total. The molecule has 0 saturated heterocycles. The topological polar surface area (TPSA) is 478 Å². The number of carbonyl (C=O) groups excluding carboxylic acids is 8. The number of aliphatic hydroxyl groups excluding tert-OH is 1. The van der Waals surface area contributed by atoms with Crippen molar-refractivity contribution in [3.63, 3.8) is 0 Å². The molecule has 5 amide bonds. The number of unbranched alkanes of at least 4 members (excludes halogenated alkanes) is 28. The second-order valence-corrected chi connectivity index (χ2v) is 30.6. The van der Waals surface area contributed by atoms with Gasteiger partial charge in [0.2, 0.25) is 35.5 Å². The van der Waals surface area contributed by atoms with Crippen LogP contribution in [0.15, 0.2) is 29.1 Å². The lowest BCUT2D eigenvalue weighted by atomic mass is 10.00. The number of carbonyl (C=O) groups is 9. The molecule has 0 aliphatic heterocycles. The number of benzene rings is 1. The number of fused-ring (bicyclic) bond motifs is 1. The Morgan fingerprint density at radius 2 is 0.928 bits per heavy atom. The molecule has 2 aromatic heterocycles. The first kappa shape index (κ1) is 97.9. The van der Waals surface area contributed by atoms with E-state index < -0.39 is 102 Å². The minimum absolute atomic E-state index is 0.00538. The number of thioether (sulfide) groups is 1.